The molecule has 14 heavy (non-hydrogen) atoms. The van der Waals surface area contributed by atoms with Gasteiger partial charge in [-0.2, -0.15) is 5.26 Å². The quantitative estimate of drug-likeness (QED) is 0.691. The molecule has 0 spiro atoms. The van der Waals surface area contributed by atoms with Crippen LogP contribution in [-0.2, 0) is 16.0 Å². The Balaban J connectivity index is 2.98. The molecule has 0 fully saturated rings. The molecule has 0 atom stereocenters. The van der Waals surface area contributed by atoms with Crippen molar-refractivity contribution in [1.29, 1.82) is 5.26 Å². The molecule has 0 unspecified atom stereocenters. The Morgan fingerprint density at radius 2 is 2.50 bits per heavy atom. The number of hydrogen-bond acceptors (Lipinski definition) is 4. The van der Waals surface area contributed by atoms with Gasteiger partial charge in [0.25, 0.3) is 0 Å². The van der Waals surface area contributed by atoms with E-state index in [0.29, 0.717) is 16.3 Å². The number of aromatic nitrogens is 1. The summed E-state index contributed by atoms with van der Waals surface area (Å²) in [5.41, 5.74) is 0.673. The second kappa shape index (κ2) is 4.58. The van der Waals surface area contributed by atoms with Gasteiger partial charge in [-0.3, -0.25) is 9.78 Å². The van der Waals surface area contributed by atoms with Crippen LogP contribution in [-0.4, -0.2) is 18.1 Å². The van der Waals surface area contributed by atoms with Crippen LogP contribution in [0.1, 0.15) is 11.3 Å². The summed E-state index contributed by atoms with van der Waals surface area (Å²) in [6.45, 7) is 0. The van der Waals surface area contributed by atoms with Crippen LogP contribution >= 0.6 is 11.6 Å². The van der Waals surface area contributed by atoms with Crippen molar-refractivity contribution in [3.63, 3.8) is 0 Å². The number of methoxy groups -OCH3 is 1. The number of nitriles is 1. The smallest absolute Gasteiger partial charge is 0.311 e. The summed E-state index contributed by atoms with van der Waals surface area (Å²) in [5.74, 6) is -0.434. The second-order valence-corrected chi connectivity index (χ2v) is 2.95. The third-order valence-electron chi connectivity index (χ3n) is 1.60. The van der Waals surface area contributed by atoms with Gasteiger partial charge in [-0.25, -0.2) is 0 Å². The number of nitrogens with zero attached hydrogens (tertiary/aromatic N) is 2. The molecule has 4 nitrogen and oxygen atoms in total. The van der Waals surface area contributed by atoms with Crippen LogP contribution in [0.2, 0.25) is 5.02 Å². The number of hydrogen-bond donors (Lipinski definition) is 0. The highest BCUT2D eigenvalue weighted by Gasteiger charge is 2.09. The highest BCUT2D eigenvalue weighted by molar-refractivity contribution is 6.30. The lowest BCUT2D eigenvalue weighted by Gasteiger charge is -2.01. The van der Waals surface area contributed by atoms with Crippen LogP contribution in [0.5, 0.6) is 0 Å². The number of halogens is 1. The molecule has 0 aromatic carbocycles. The Kier molecular flexibility index (Phi) is 3.43. The molecule has 1 rings (SSSR count). The molecule has 1 aromatic heterocycles. The van der Waals surface area contributed by atoms with Crippen LogP contribution in [0.4, 0.5) is 0 Å². The minimum atomic E-state index is -0.434. The van der Waals surface area contributed by atoms with E-state index >= 15 is 0 Å². The first-order valence-electron chi connectivity index (χ1n) is 3.78. The van der Waals surface area contributed by atoms with Crippen molar-refractivity contribution < 1.29 is 9.53 Å². The van der Waals surface area contributed by atoms with Crippen molar-refractivity contribution in [1.82, 2.24) is 4.98 Å². The Labute approximate surface area is 86.1 Å². The van der Waals surface area contributed by atoms with Crippen molar-refractivity contribution in [2.75, 3.05) is 7.11 Å². The molecule has 0 aliphatic heterocycles. The number of pyridine rings is 1. The molecule has 1 aromatic rings. The van der Waals surface area contributed by atoms with E-state index in [1.807, 2.05) is 6.07 Å². The largest absolute Gasteiger partial charge is 0.469 e. The van der Waals surface area contributed by atoms with Crippen molar-refractivity contribution >= 4 is 17.6 Å². The van der Waals surface area contributed by atoms with Gasteiger partial charge >= 0.3 is 5.97 Å². The lowest BCUT2D eigenvalue weighted by atomic mass is 10.1. The minimum absolute atomic E-state index is 0.0173. The van der Waals surface area contributed by atoms with Crippen LogP contribution in [0.25, 0.3) is 0 Å². The van der Waals surface area contributed by atoms with Crippen LogP contribution in [0, 0.1) is 11.3 Å². The maximum atomic E-state index is 10.9. The van der Waals surface area contributed by atoms with Crippen molar-refractivity contribution in [2.45, 2.75) is 6.42 Å². The first kappa shape index (κ1) is 10.5. The van der Waals surface area contributed by atoms with E-state index in [2.05, 4.69) is 9.72 Å². The first-order chi connectivity index (χ1) is 6.67. The lowest BCUT2D eigenvalue weighted by molar-refractivity contribution is -0.139. The van der Waals surface area contributed by atoms with Gasteiger partial charge in [0.15, 0.2) is 0 Å². The number of carbonyl (C=O) groups is 1. The Morgan fingerprint density at radius 1 is 1.79 bits per heavy atom. The number of ether oxygens (including phenoxy) is 1. The zero-order valence-corrected chi connectivity index (χ0v) is 8.21. The molecule has 0 radical (unpaired) electrons. The van der Waals surface area contributed by atoms with Crippen molar-refractivity contribution in [2.24, 2.45) is 0 Å². The average molecular weight is 211 g/mol. The van der Waals surface area contributed by atoms with Gasteiger partial charge in [0.2, 0.25) is 0 Å². The van der Waals surface area contributed by atoms with Gasteiger partial charge in [0.05, 0.1) is 29.8 Å². The van der Waals surface area contributed by atoms with Crippen LogP contribution < -0.4 is 0 Å². The molecular formula is C9H7ClN2O2. The fourth-order valence-electron chi connectivity index (χ4n) is 0.914. The highest BCUT2D eigenvalue weighted by Crippen LogP contribution is 2.12. The van der Waals surface area contributed by atoms with E-state index in [-0.39, 0.29) is 6.42 Å². The maximum absolute atomic E-state index is 10.9. The third kappa shape index (κ3) is 2.44. The summed E-state index contributed by atoms with van der Waals surface area (Å²) in [4.78, 5) is 14.8. The van der Waals surface area contributed by atoms with Gasteiger partial charge in [-0.1, -0.05) is 11.6 Å². The maximum Gasteiger partial charge on any atom is 0.311 e. The molecule has 0 aliphatic carbocycles. The molecule has 0 amide bonds. The van der Waals surface area contributed by atoms with Gasteiger partial charge in [0, 0.05) is 6.20 Å². The average Bonchev–Trinajstić information content (AvgIpc) is 2.20. The zero-order chi connectivity index (χ0) is 10.6. The molecular weight excluding hydrogens is 204 g/mol. The third-order valence-corrected chi connectivity index (χ3v) is 1.80. The van der Waals surface area contributed by atoms with Gasteiger partial charge in [0.1, 0.15) is 6.07 Å². The summed E-state index contributed by atoms with van der Waals surface area (Å²) >= 11 is 5.64. The van der Waals surface area contributed by atoms with E-state index in [1.165, 1.54) is 19.4 Å². The topological polar surface area (TPSA) is 63.0 Å². The minimum Gasteiger partial charge on any atom is -0.469 e. The van der Waals surface area contributed by atoms with E-state index in [4.69, 9.17) is 16.9 Å². The standard InChI is InChI=1S/C9H7ClN2O2/c1-14-9(13)3-8-6(4-11)2-7(10)5-12-8/h2,5H,3H2,1H3. The van der Waals surface area contributed by atoms with Crippen LogP contribution in [0.15, 0.2) is 12.3 Å². The normalized spacial score (nSPS) is 9.21. The lowest BCUT2D eigenvalue weighted by Crippen LogP contribution is -2.07. The second-order valence-electron chi connectivity index (χ2n) is 2.51. The molecule has 0 aliphatic rings. The molecule has 0 saturated heterocycles. The zero-order valence-electron chi connectivity index (χ0n) is 7.45. The van der Waals surface area contributed by atoms with E-state index in [0.717, 1.165) is 0 Å². The van der Waals surface area contributed by atoms with Gasteiger partial charge < -0.3 is 4.74 Å². The van der Waals surface area contributed by atoms with Crippen molar-refractivity contribution in [3.8, 4) is 6.07 Å². The monoisotopic (exact) mass is 210 g/mol. The Morgan fingerprint density at radius 3 is 3.07 bits per heavy atom. The van der Waals surface area contributed by atoms with E-state index < -0.39 is 5.97 Å². The summed E-state index contributed by atoms with van der Waals surface area (Å²) in [6, 6.07) is 3.38. The summed E-state index contributed by atoms with van der Waals surface area (Å²) in [6.07, 6.45) is 1.37. The first-order valence-corrected chi connectivity index (χ1v) is 4.16. The SMILES string of the molecule is COC(=O)Cc1ncc(Cl)cc1C#N. The van der Waals surface area contributed by atoms with E-state index in [1.54, 1.807) is 0 Å². The Hall–Kier alpha value is -1.60. The molecule has 0 saturated carbocycles. The fraction of sp³-hybridized carbons (Fsp3) is 0.222. The van der Waals surface area contributed by atoms with Crippen molar-refractivity contribution in [3.05, 3.63) is 28.5 Å². The predicted molar refractivity (Wildman–Crippen MR) is 49.7 cm³/mol. The number of esters is 1. The fourth-order valence-corrected chi connectivity index (χ4v) is 1.07. The van der Waals surface area contributed by atoms with Gasteiger partial charge in [-0.15, -0.1) is 0 Å². The molecule has 1 heterocycles. The Bertz CT molecular complexity index is 398. The summed E-state index contributed by atoms with van der Waals surface area (Å²) in [7, 11) is 1.28. The van der Waals surface area contributed by atoms with Crippen LogP contribution in [0.3, 0.4) is 0 Å². The molecule has 72 valence electrons. The predicted octanol–water partition coefficient (Wildman–Crippen LogP) is 1.32. The van der Waals surface area contributed by atoms with E-state index in [9.17, 15) is 4.79 Å². The number of rotatable bonds is 2. The van der Waals surface area contributed by atoms with Gasteiger partial charge in [-0.05, 0) is 6.07 Å². The summed E-state index contributed by atoms with van der Waals surface area (Å²) in [5, 5.41) is 9.10. The highest BCUT2D eigenvalue weighted by atomic mass is 35.5. The number of carbonyl (C=O) groups excluding carboxylic acids is 1. The summed E-state index contributed by atoms with van der Waals surface area (Å²) < 4.78 is 4.46. The molecule has 0 bridgehead atoms. The molecule has 0 N–H and O–H groups in total. The molecule has 5 heteroatoms.